The molecule has 3 heterocycles. The van der Waals surface area contributed by atoms with Crippen molar-refractivity contribution in [2.24, 2.45) is 0 Å². The second-order valence-electron chi connectivity index (χ2n) is 18.7. The van der Waals surface area contributed by atoms with E-state index in [-0.39, 0.29) is 28.3 Å². The Bertz CT molecular complexity index is 3070. The molecule has 22 heteroatoms. The van der Waals surface area contributed by atoms with Gasteiger partial charge in [-0.25, -0.2) is 17.4 Å². The summed E-state index contributed by atoms with van der Waals surface area (Å²) in [6, 6.07) is 34.8. The number of piperazine rings is 1. The van der Waals surface area contributed by atoms with E-state index in [4.69, 9.17) is 16.1 Å². The molecule has 1 unspecified atom stereocenters. The van der Waals surface area contributed by atoms with Gasteiger partial charge in [-0.2, -0.15) is 13.2 Å². The zero-order chi connectivity index (χ0) is 53.6. The van der Waals surface area contributed by atoms with Crippen LogP contribution in [0.25, 0.3) is 22.4 Å². The van der Waals surface area contributed by atoms with Crippen molar-refractivity contribution in [2.45, 2.75) is 78.4 Å². The number of aromatic carboxylic acids is 1. The number of nitrogens with zero attached hydrogens (tertiary/aromatic N) is 4. The average Bonchev–Trinajstić information content (AvgIpc) is 3.72. The first-order valence-electron chi connectivity index (χ1n) is 24.4. The van der Waals surface area contributed by atoms with E-state index in [1.165, 1.54) is 23.9 Å². The van der Waals surface area contributed by atoms with Crippen molar-refractivity contribution in [3.63, 3.8) is 0 Å². The Labute approximate surface area is 448 Å². The number of anilines is 4. The van der Waals surface area contributed by atoms with Gasteiger partial charge in [0, 0.05) is 102 Å². The molecule has 400 valence electrons. The number of carbonyl (C=O) groups is 1. The molecule has 2 aliphatic rings. The largest absolute Gasteiger partial charge is 0.501 e. The van der Waals surface area contributed by atoms with Crippen molar-refractivity contribution >= 4 is 81.5 Å². The van der Waals surface area contributed by atoms with Crippen LogP contribution in [0.15, 0.2) is 136 Å². The molecule has 75 heavy (non-hydrogen) atoms. The third kappa shape index (κ3) is 13.5. The summed E-state index contributed by atoms with van der Waals surface area (Å²) in [5.74, 6) is -0.618. The predicted octanol–water partition coefficient (Wildman–Crippen LogP) is 11.5. The molecular weight excluding hydrogens is 1070 g/mol. The number of hydrogen-bond acceptors (Lipinski definition) is 12. The first kappa shape index (κ1) is 56.1. The SMILES string of the molecule is Cc1c(C(=O)O)c(-c2cccc(N3CCN(c4ccc(NS(=O)c5ccc(N[C@H](CCN6CCC(OP(O)O)CC6)CSc6ccccc6)c(S(=O)(=O)C(F)(F)F)c5)cc4)CC3)c2)c(-c2ccc(Cl)cc2)n1C(C)C. The molecule has 0 aliphatic carbocycles. The summed E-state index contributed by atoms with van der Waals surface area (Å²) in [6.07, 6.45) is 1.29. The number of carboxylic acid groups (broad SMARTS) is 1. The molecule has 0 saturated carbocycles. The Kier molecular flexibility index (Phi) is 18.3. The number of nitrogens with one attached hydrogen (secondary N) is 2. The van der Waals surface area contributed by atoms with Crippen LogP contribution in [-0.4, -0.2) is 112 Å². The molecule has 0 bridgehead atoms. The van der Waals surface area contributed by atoms with Crippen molar-refractivity contribution in [1.29, 1.82) is 0 Å². The van der Waals surface area contributed by atoms with Crippen LogP contribution in [0, 0.1) is 6.92 Å². The first-order chi connectivity index (χ1) is 35.8. The quantitative estimate of drug-likeness (QED) is 0.0361. The summed E-state index contributed by atoms with van der Waals surface area (Å²) in [6.45, 7) is 10.3. The van der Waals surface area contributed by atoms with Crippen LogP contribution in [0.4, 0.5) is 35.9 Å². The van der Waals surface area contributed by atoms with Gasteiger partial charge in [0.15, 0.2) is 0 Å². The van der Waals surface area contributed by atoms with Crippen molar-refractivity contribution in [3.05, 3.63) is 138 Å². The lowest BCUT2D eigenvalue weighted by molar-refractivity contribution is -0.0436. The van der Waals surface area contributed by atoms with E-state index in [9.17, 15) is 45.5 Å². The lowest BCUT2D eigenvalue weighted by atomic mass is 9.96. The van der Waals surface area contributed by atoms with Gasteiger partial charge in [-0.1, -0.05) is 54.1 Å². The highest BCUT2D eigenvalue weighted by molar-refractivity contribution is 7.99. The fraction of sp³-hybridized carbons (Fsp3) is 0.340. The predicted molar refractivity (Wildman–Crippen MR) is 294 cm³/mol. The summed E-state index contributed by atoms with van der Waals surface area (Å²) in [5, 5.41) is 14.2. The fourth-order valence-corrected chi connectivity index (χ4v) is 13.2. The van der Waals surface area contributed by atoms with Gasteiger partial charge in [0.2, 0.25) is 0 Å². The molecule has 0 spiro atoms. The molecule has 6 aromatic rings. The van der Waals surface area contributed by atoms with E-state index in [1.807, 2.05) is 99.6 Å². The summed E-state index contributed by atoms with van der Waals surface area (Å²) in [5.41, 5.74) is 0.320. The van der Waals surface area contributed by atoms with Gasteiger partial charge >= 0.3 is 20.1 Å². The first-order valence-corrected chi connectivity index (χ1v) is 29.5. The molecule has 2 atom stereocenters. The van der Waals surface area contributed by atoms with Crippen LogP contribution in [0.3, 0.4) is 0 Å². The highest BCUT2D eigenvalue weighted by Crippen LogP contribution is 2.43. The third-order valence-electron chi connectivity index (χ3n) is 13.4. The normalized spacial score (nSPS) is 15.9. The summed E-state index contributed by atoms with van der Waals surface area (Å²) in [7, 11) is -10.5. The van der Waals surface area contributed by atoms with E-state index < -0.39 is 51.8 Å². The van der Waals surface area contributed by atoms with E-state index in [0.717, 1.165) is 39.2 Å². The third-order valence-corrected chi connectivity index (χ3v) is 18.0. The number of thioether (sulfide) groups is 1. The monoisotopic (exact) mass is 1130 g/mol. The van der Waals surface area contributed by atoms with Crippen LogP contribution >= 0.6 is 32.0 Å². The van der Waals surface area contributed by atoms with E-state index in [1.54, 1.807) is 24.3 Å². The van der Waals surface area contributed by atoms with E-state index >= 15 is 0 Å². The molecular formula is C53H59ClF3N6O8PS3. The molecule has 2 saturated heterocycles. The van der Waals surface area contributed by atoms with Crippen LogP contribution in [0.5, 0.6) is 0 Å². The van der Waals surface area contributed by atoms with Gasteiger partial charge in [-0.3, -0.25) is 0 Å². The maximum atomic E-state index is 14.3. The number of aromatic nitrogens is 1. The summed E-state index contributed by atoms with van der Waals surface area (Å²) in [4.78, 5) is 37.7. The van der Waals surface area contributed by atoms with E-state index in [2.05, 4.69) is 29.3 Å². The Morgan fingerprint density at radius 2 is 1.51 bits per heavy atom. The van der Waals surface area contributed by atoms with Gasteiger partial charge in [-0.15, -0.1) is 11.8 Å². The number of hydrogen-bond donors (Lipinski definition) is 5. The fourth-order valence-electron chi connectivity index (χ4n) is 9.70. The number of piperidine rings is 1. The Morgan fingerprint density at radius 1 is 0.853 bits per heavy atom. The molecule has 0 amide bonds. The Morgan fingerprint density at radius 3 is 2.12 bits per heavy atom. The molecule has 1 aromatic heterocycles. The molecule has 2 fully saturated rings. The molecule has 0 radical (unpaired) electrons. The average molecular weight is 1130 g/mol. The molecule has 5 aromatic carbocycles. The van der Waals surface area contributed by atoms with Gasteiger partial charge in [0.25, 0.3) is 9.84 Å². The highest BCUT2D eigenvalue weighted by atomic mass is 35.5. The van der Waals surface area contributed by atoms with Gasteiger partial charge < -0.3 is 48.7 Å². The van der Waals surface area contributed by atoms with Crippen molar-refractivity contribution in [2.75, 3.05) is 71.4 Å². The maximum absolute atomic E-state index is 14.3. The van der Waals surface area contributed by atoms with E-state index in [0.29, 0.717) is 92.8 Å². The number of alkyl halides is 3. The van der Waals surface area contributed by atoms with Gasteiger partial charge in [0.1, 0.15) is 15.9 Å². The van der Waals surface area contributed by atoms with Crippen molar-refractivity contribution < 1.29 is 50.0 Å². The molecule has 2 aliphatic heterocycles. The van der Waals surface area contributed by atoms with Gasteiger partial charge in [0.05, 0.1) is 27.9 Å². The Balaban J connectivity index is 0.944. The van der Waals surface area contributed by atoms with Crippen LogP contribution in [0.1, 0.15) is 55.2 Å². The Hall–Kier alpha value is -5.15. The van der Waals surface area contributed by atoms with Crippen molar-refractivity contribution in [1.82, 2.24) is 9.47 Å². The topological polar surface area (TPSA) is 177 Å². The number of benzene rings is 5. The smallest absolute Gasteiger partial charge is 0.478 e. The lowest BCUT2D eigenvalue weighted by Crippen LogP contribution is -2.46. The number of sulfone groups is 1. The van der Waals surface area contributed by atoms with Crippen LogP contribution < -0.4 is 19.8 Å². The van der Waals surface area contributed by atoms with Crippen LogP contribution in [-0.2, 0) is 25.3 Å². The second-order valence-corrected chi connectivity index (χ2v) is 24.0. The zero-order valence-electron chi connectivity index (χ0n) is 41.4. The van der Waals surface area contributed by atoms with Crippen molar-refractivity contribution in [3.8, 4) is 22.4 Å². The maximum Gasteiger partial charge on any atom is 0.501 e. The zero-order valence-corrected chi connectivity index (χ0v) is 45.5. The number of halogens is 4. The second kappa shape index (κ2) is 24.5. The minimum absolute atomic E-state index is 0.0207. The molecule has 5 N–H and O–H groups in total. The minimum atomic E-state index is -5.91. The number of carboxylic acids is 1. The van der Waals surface area contributed by atoms with Gasteiger partial charge in [-0.05, 0) is 130 Å². The summed E-state index contributed by atoms with van der Waals surface area (Å²) >= 11 is 7.73. The lowest BCUT2D eigenvalue weighted by Gasteiger charge is -2.37. The minimum Gasteiger partial charge on any atom is -0.478 e. The summed E-state index contributed by atoms with van der Waals surface area (Å²) < 4.78 is 93.2. The highest BCUT2D eigenvalue weighted by Gasteiger charge is 2.48. The number of rotatable bonds is 20. The standard InChI is InChI=1S/C53H59ClF3N6O8PS3/c1-35(2)63-36(3)49(52(64)65)50(51(63)37-12-14-39(54)15-13-37)38-8-7-9-43(32-38)62-30-28-61(29-31-62)42-18-16-40(17-19-42)59-74(68)46-20-21-47(48(33-46)75(69,70)53(55,56)57)58-41(34-73-45-10-5-4-6-11-45)22-25-60-26-23-44(24-27-60)71-72(66)67/h4-21,32-33,35,41,44,58-59,66-67H,22-31,34H2,1-3H3,(H,64,65)/t41-,74?/m1/s1. The molecule has 14 nitrogen and oxygen atoms in total. The molecule has 8 rings (SSSR count). The van der Waals surface area contributed by atoms with Crippen LogP contribution in [0.2, 0.25) is 5.02 Å². The number of likely N-dealkylation sites (tertiary alicyclic amines) is 1.